The van der Waals surface area contributed by atoms with Crippen molar-refractivity contribution in [2.24, 2.45) is 4.99 Å². The molecule has 0 radical (unpaired) electrons. The van der Waals surface area contributed by atoms with Crippen molar-refractivity contribution in [3.05, 3.63) is 54.1 Å². The molecule has 1 heterocycles. The number of hydrogen-bond donors (Lipinski definition) is 1. The Morgan fingerprint density at radius 1 is 1.03 bits per heavy atom. The van der Waals surface area contributed by atoms with Crippen LogP contribution in [0.2, 0.25) is 0 Å². The van der Waals surface area contributed by atoms with Gasteiger partial charge in [-0.15, -0.1) is 24.0 Å². The number of methoxy groups -OCH3 is 2. The third-order valence-electron chi connectivity index (χ3n) is 5.85. The SMILES string of the molecule is CN=C(NCC(C)(C)c1ccc(OC)c(OC)c1)N1CCC(Oc2ccccc2)CC1.I. The normalized spacial score (nSPS) is 15.0. The average molecular weight is 553 g/mol. The zero-order chi connectivity index (χ0) is 22.3. The Balaban J connectivity index is 0.00000363. The Morgan fingerprint density at radius 3 is 2.28 bits per heavy atom. The van der Waals surface area contributed by atoms with Crippen LogP contribution < -0.4 is 19.5 Å². The van der Waals surface area contributed by atoms with Gasteiger partial charge in [-0.25, -0.2) is 0 Å². The summed E-state index contributed by atoms with van der Waals surface area (Å²) in [7, 11) is 5.17. The molecule has 0 aromatic heterocycles. The number of para-hydroxylation sites is 1. The van der Waals surface area contributed by atoms with E-state index in [-0.39, 0.29) is 35.5 Å². The fourth-order valence-electron chi connectivity index (χ4n) is 3.87. The predicted octanol–water partition coefficient (Wildman–Crippen LogP) is 4.72. The molecule has 2 aromatic rings. The molecule has 176 valence electrons. The van der Waals surface area contributed by atoms with Gasteiger partial charge in [-0.05, 0) is 29.8 Å². The molecule has 1 aliphatic rings. The van der Waals surface area contributed by atoms with E-state index >= 15 is 0 Å². The van der Waals surface area contributed by atoms with Gasteiger partial charge in [-0.1, -0.05) is 38.1 Å². The summed E-state index contributed by atoms with van der Waals surface area (Å²) in [6.07, 6.45) is 2.21. The van der Waals surface area contributed by atoms with Gasteiger partial charge in [-0.3, -0.25) is 4.99 Å². The van der Waals surface area contributed by atoms with Gasteiger partial charge < -0.3 is 24.4 Å². The Morgan fingerprint density at radius 2 is 1.69 bits per heavy atom. The number of aliphatic imine (C=N–C) groups is 1. The quantitative estimate of drug-likeness (QED) is 0.306. The fraction of sp³-hybridized carbons (Fsp3) is 0.480. The monoisotopic (exact) mass is 553 g/mol. The van der Waals surface area contributed by atoms with Crippen molar-refractivity contribution >= 4 is 29.9 Å². The summed E-state index contributed by atoms with van der Waals surface area (Å²) in [6, 6.07) is 16.2. The number of ether oxygens (including phenoxy) is 3. The van der Waals surface area contributed by atoms with Crippen LogP contribution in [-0.2, 0) is 5.41 Å². The van der Waals surface area contributed by atoms with Crippen molar-refractivity contribution in [2.75, 3.05) is 40.9 Å². The number of nitrogens with one attached hydrogen (secondary N) is 1. The zero-order valence-electron chi connectivity index (χ0n) is 19.8. The highest BCUT2D eigenvalue weighted by Crippen LogP contribution is 2.33. The highest BCUT2D eigenvalue weighted by atomic mass is 127. The van der Waals surface area contributed by atoms with Gasteiger partial charge >= 0.3 is 0 Å². The van der Waals surface area contributed by atoms with Gasteiger partial charge in [0, 0.05) is 44.9 Å². The molecular weight excluding hydrogens is 517 g/mol. The van der Waals surface area contributed by atoms with E-state index in [0.717, 1.165) is 55.7 Å². The first kappa shape index (κ1) is 26.1. The number of halogens is 1. The van der Waals surface area contributed by atoms with Crippen LogP contribution in [0.5, 0.6) is 17.2 Å². The maximum atomic E-state index is 6.12. The molecule has 0 aliphatic carbocycles. The van der Waals surface area contributed by atoms with E-state index in [1.165, 1.54) is 5.56 Å². The lowest BCUT2D eigenvalue weighted by Crippen LogP contribution is -2.49. The molecule has 1 N–H and O–H groups in total. The van der Waals surface area contributed by atoms with Gasteiger partial charge in [0.2, 0.25) is 0 Å². The summed E-state index contributed by atoms with van der Waals surface area (Å²) in [5.41, 5.74) is 1.08. The van der Waals surface area contributed by atoms with Crippen molar-refractivity contribution < 1.29 is 14.2 Å². The van der Waals surface area contributed by atoms with Crippen LogP contribution >= 0.6 is 24.0 Å². The van der Waals surface area contributed by atoms with Gasteiger partial charge in [-0.2, -0.15) is 0 Å². The van der Waals surface area contributed by atoms with E-state index in [4.69, 9.17) is 14.2 Å². The van der Waals surface area contributed by atoms with Crippen LogP contribution in [0.3, 0.4) is 0 Å². The number of piperidine rings is 1. The van der Waals surface area contributed by atoms with E-state index in [1.54, 1.807) is 14.2 Å². The number of likely N-dealkylation sites (tertiary alicyclic amines) is 1. The lowest BCUT2D eigenvalue weighted by atomic mass is 9.84. The number of nitrogens with zero attached hydrogens (tertiary/aromatic N) is 2. The van der Waals surface area contributed by atoms with E-state index in [9.17, 15) is 0 Å². The first-order valence-corrected chi connectivity index (χ1v) is 10.9. The van der Waals surface area contributed by atoms with Gasteiger partial charge in [0.05, 0.1) is 14.2 Å². The predicted molar refractivity (Wildman–Crippen MR) is 141 cm³/mol. The summed E-state index contributed by atoms with van der Waals surface area (Å²) < 4.78 is 17.0. The van der Waals surface area contributed by atoms with E-state index in [2.05, 4.69) is 41.2 Å². The van der Waals surface area contributed by atoms with Crippen LogP contribution in [0.1, 0.15) is 32.3 Å². The van der Waals surface area contributed by atoms with Gasteiger partial charge in [0.25, 0.3) is 0 Å². The Labute approximate surface area is 209 Å². The van der Waals surface area contributed by atoms with Gasteiger partial charge in [0.1, 0.15) is 11.9 Å². The highest BCUT2D eigenvalue weighted by molar-refractivity contribution is 14.0. The largest absolute Gasteiger partial charge is 0.493 e. The summed E-state index contributed by atoms with van der Waals surface area (Å²) in [5, 5.41) is 3.57. The maximum Gasteiger partial charge on any atom is 0.193 e. The molecular formula is C25H36IN3O3. The Kier molecular flexibility index (Phi) is 9.93. The van der Waals surface area contributed by atoms with Crippen LogP contribution in [0.15, 0.2) is 53.5 Å². The molecule has 1 saturated heterocycles. The second-order valence-electron chi connectivity index (χ2n) is 8.47. The molecule has 0 amide bonds. The molecule has 0 saturated carbocycles. The van der Waals surface area contributed by atoms with E-state index in [0.29, 0.717) is 0 Å². The number of guanidine groups is 1. The standard InChI is InChI=1S/C25H35N3O3.HI/c1-25(2,19-11-12-22(29-4)23(17-19)30-5)18-27-24(26-3)28-15-13-21(14-16-28)31-20-9-7-6-8-10-20;/h6-12,17,21H,13-16,18H2,1-5H3,(H,26,27);1H. The van der Waals surface area contributed by atoms with E-state index < -0.39 is 0 Å². The molecule has 6 nitrogen and oxygen atoms in total. The molecule has 0 atom stereocenters. The van der Waals surface area contributed by atoms with Crippen molar-refractivity contribution in [2.45, 2.75) is 38.2 Å². The van der Waals surface area contributed by atoms with Crippen LogP contribution in [0.4, 0.5) is 0 Å². The molecule has 0 unspecified atom stereocenters. The molecule has 1 fully saturated rings. The molecule has 32 heavy (non-hydrogen) atoms. The second-order valence-corrected chi connectivity index (χ2v) is 8.47. The van der Waals surface area contributed by atoms with Crippen molar-refractivity contribution in [3.63, 3.8) is 0 Å². The maximum absolute atomic E-state index is 6.12. The van der Waals surface area contributed by atoms with E-state index in [1.807, 2.05) is 43.4 Å². The minimum Gasteiger partial charge on any atom is -0.493 e. The molecule has 1 aliphatic heterocycles. The molecule has 3 rings (SSSR count). The van der Waals surface area contributed by atoms with Crippen LogP contribution in [0.25, 0.3) is 0 Å². The first-order chi connectivity index (χ1) is 15.0. The van der Waals surface area contributed by atoms with Crippen molar-refractivity contribution in [1.82, 2.24) is 10.2 Å². The first-order valence-electron chi connectivity index (χ1n) is 10.9. The number of rotatable bonds is 7. The van der Waals surface area contributed by atoms with Crippen LogP contribution in [0, 0.1) is 0 Å². The Bertz CT molecular complexity index is 866. The van der Waals surface area contributed by atoms with Crippen molar-refractivity contribution in [1.29, 1.82) is 0 Å². The topological polar surface area (TPSA) is 55.3 Å². The third-order valence-corrected chi connectivity index (χ3v) is 5.85. The number of benzene rings is 2. The summed E-state index contributed by atoms with van der Waals surface area (Å²) in [5.74, 6) is 3.37. The lowest BCUT2D eigenvalue weighted by molar-refractivity contribution is 0.129. The zero-order valence-corrected chi connectivity index (χ0v) is 22.1. The second kappa shape index (κ2) is 12.2. The summed E-state index contributed by atoms with van der Waals surface area (Å²) in [4.78, 5) is 6.84. The minimum absolute atomic E-state index is 0. The third kappa shape index (κ3) is 6.67. The van der Waals surface area contributed by atoms with Gasteiger partial charge in [0.15, 0.2) is 17.5 Å². The summed E-state index contributed by atoms with van der Waals surface area (Å²) >= 11 is 0. The lowest BCUT2D eigenvalue weighted by Gasteiger charge is -2.36. The number of hydrogen-bond acceptors (Lipinski definition) is 4. The minimum atomic E-state index is -0.107. The van der Waals surface area contributed by atoms with Crippen LogP contribution in [-0.4, -0.2) is 57.9 Å². The summed E-state index contributed by atoms with van der Waals surface area (Å²) in [6.45, 7) is 7.04. The highest BCUT2D eigenvalue weighted by Gasteiger charge is 2.26. The van der Waals surface area contributed by atoms with Crippen molar-refractivity contribution in [3.8, 4) is 17.2 Å². The Hall–Kier alpha value is -2.16. The smallest absolute Gasteiger partial charge is 0.193 e. The molecule has 2 aromatic carbocycles. The molecule has 0 bridgehead atoms. The fourth-order valence-corrected chi connectivity index (χ4v) is 3.87. The molecule has 7 heteroatoms. The molecule has 0 spiro atoms. The average Bonchev–Trinajstić information content (AvgIpc) is 2.80.